The lowest BCUT2D eigenvalue weighted by Crippen LogP contribution is -2.76. The number of nitrogens with one attached hydrogen (secondary N) is 1. The predicted octanol–water partition coefficient (Wildman–Crippen LogP) is 0.00680. The predicted molar refractivity (Wildman–Crippen MR) is 155 cm³/mol. The summed E-state index contributed by atoms with van der Waals surface area (Å²) in [5.41, 5.74) is 11.9. The molecule has 1 aliphatic heterocycles. The van der Waals surface area contributed by atoms with Gasteiger partial charge in [-0.1, -0.05) is 17.3 Å². The van der Waals surface area contributed by atoms with Crippen molar-refractivity contribution in [3.05, 3.63) is 47.7 Å². The molecule has 1 saturated heterocycles. The maximum Gasteiger partial charge on any atom is 0.418 e. The van der Waals surface area contributed by atoms with E-state index in [-0.39, 0.29) is 29.8 Å². The van der Waals surface area contributed by atoms with Crippen LogP contribution in [0.5, 0.6) is 5.75 Å². The maximum atomic E-state index is 13.1. The number of hydroxylamine groups is 2. The summed E-state index contributed by atoms with van der Waals surface area (Å²) < 4.78 is 45.2. The molecule has 0 aliphatic carbocycles. The Kier molecular flexibility index (Phi) is 9.65. The van der Waals surface area contributed by atoms with E-state index in [4.69, 9.17) is 25.6 Å². The number of hydrogen-bond acceptors (Lipinski definition) is 12. The van der Waals surface area contributed by atoms with Crippen LogP contribution >= 0.6 is 11.3 Å². The second-order valence-corrected chi connectivity index (χ2v) is 11.9. The van der Waals surface area contributed by atoms with Crippen LogP contribution in [0, 0.1) is 0 Å². The molecule has 1 fully saturated rings. The Morgan fingerprint density at radius 3 is 2.58 bits per heavy atom. The fourth-order valence-electron chi connectivity index (χ4n) is 4.26. The Morgan fingerprint density at radius 1 is 1.26 bits per heavy atom. The van der Waals surface area contributed by atoms with Crippen molar-refractivity contribution in [3.8, 4) is 16.9 Å². The van der Waals surface area contributed by atoms with E-state index in [1.54, 1.807) is 0 Å². The molecule has 18 heteroatoms. The van der Waals surface area contributed by atoms with Crippen molar-refractivity contribution in [2.24, 2.45) is 17.9 Å². The Bertz CT molecular complexity index is 1600. The third kappa shape index (κ3) is 7.65. The molecule has 3 aromatic rings. The van der Waals surface area contributed by atoms with Crippen LogP contribution in [0.4, 0.5) is 5.13 Å². The fourth-order valence-corrected chi connectivity index (χ4v) is 5.26. The zero-order valence-electron chi connectivity index (χ0n) is 23.7. The number of carbonyl (C=O) groups excluding carboxylic acids is 2. The van der Waals surface area contributed by atoms with Gasteiger partial charge in [-0.25, -0.2) is 4.98 Å². The second-order valence-electron chi connectivity index (χ2n) is 10.0. The number of aryl methyl sites for hydroxylation is 2. The Balaban J connectivity index is 1.34. The SMILES string of the molecule is C[n+]1cc(-c2ccc(OCCON=C(C(=O)NC3C(=O)N(OS(=O)(=O)O)C3(C)C)c3csc(N)n3)cc2)cn1CCCN. The number of oxime groups is 1. The van der Waals surface area contributed by atoms with Crippen LogP contribution in [0.3, 0.4) is 0 Å². The first-order chi connectivity index (χ1) is 20.3. The van der Waals surface area contributed by atoms with Gasteiger partial charge in [-0.3, -0.25) is 14.1 Å². The number of β-lactam (4-membered cyclic amide) rings is 1. The van der Waals surface area contributed by atoms with Gasteiger partial charge in [-0.2, -0.15) is 18.2 Å². The van der Waals surface area contributed by atoms with Gasteiger partial charge in [0.2, 0.25) is 6.20 Å². The minimum Gasteiger partial charge on any atom is -0.490 e. The summed E-state index contributed by atoms with van der Waals surface area (Å²) in [6.45, 7) is 4.40. The van der Waals surface area contributed by atoms with Crippen LogP contribution in [-0.2, 0) is 42.7 Å². The van der Waals surface area contributed by atoms with Gasteiger partial charge in [0.1, 0.15) is 24.1 Å². The van der Waals surface area contributed by atoms with E-state index < -0.39 is 33.8 Å². The Hall–Kier alpha value is -4.10. The number of aromatic nitrogens is 3. The molecule has 6 N–H and O–H groups in total. The summed E-state index contributed by atoms with van der Waals surface area (Å²) in [6.07, 6.45) is 4.98. The van der Waals surface area contributed by atoms with E-state index in [1.165, 1.54) is 19.2 Å². The fraction of sp³-hybridized carbons (Fsp3) is 0.400. The highest BCUT2D eigenvalue weighted by molar-refractivity contribution is 7.80. The quantitative estimate of drug-likeness (QED) is 0.0461. The molecule has 0 saturated carbocycles. The molecule has 3 heterocycles. The van der Waals surface area contributed by atoms with Crippen molar-refractivity contribution in [1.29, 1.82) is 0 Å². The van der Waals surface area contributed by atoms with Gasteiger partial charge in [0.05, 0.1) is 23.8 Å². The van der Waals surface area contributed by atoms with Crippen LogP contribution < -0.4 is 26.2 Å². The third-order valence-electron chi connectivity index (χ3n) is 6.50. The number of carbonyl (C=O) groups is 2. The highest BCUT2D eigenvalue weighted by atomic mass is 32.3. The van der Waals surface area contributed by atoms with E-state index in [9.17, 15) is 18.0 Å². The first-order valence-electron chi connectivity index (χ1n) is 13.0. The first kappa shape index (κ1) is 31.8. The number of ether oxygens (including phenoxy) is 1. The molecule has 232 valence electrons. The van der Waals surface area contributed by atoms with Crippen molar-refractivity contribution in [3.63, 3.8) is 0 Å². The highest BCUT2D eigenvalue weighted by Gasteiger charge is 2.58. The minimum atomic E-state index is -4.94. The molecular weight excluding hydrogens is 604 g/mol. The van der Waals surface area contributed by atoms with E-state index in [0.29, 0.717) is 17.4 Å². The number of nitrogens with zero attached hydrogens (tertiary/aromatic N) is 5. The van der Waals surface area contributed by atoms with Gasteiger partial charge in [-0.05, 0) is 44.5 Å². The van der Waals surface area contributed by atoms with Crippen molar-refractivity contribution >= 4 is 44.4 Å². The van der Waals surface area contributed by atoms with E-state index in [0.717, 1.165) is 35.4 Å². The van der Waals surface area contributed by atoms with Gasteiger partial charge < -0.3 is 26.4 Å². The first-order valence-corrected chi connectivity index (χ1v) is 15.3. The smallest absolute Gasteiger partial charge is 0.418 e. The van der Waals surface area contributed by atoms with Gasteiger partial charge in [0, 0.05) is 5.38 Å². The molecule has 2 amide bonds. The molecule has 1 atom stereocenters. The number of thiazole rings is 1. The molecule has 43 heavy (non-hydrogen) atoms. The number of nitrogens with two attached hydrogens (primary N) is 2. The molecule has 0 spiro atoms. The highest BCUT2D eigenvalue weighted by Crippen LogP contribution is 2.33. The van der Waals surface area contributed by atoms with Crippen molar-refractivity contribution in [2.45, 2.75) is 38.4 Å². The lowest BCUT2D eigenvalue weighted by Gasteiger charge is -2.50. The number of benzene rings is 1. The Labute approximate surface area is 251 Å². The number of nitrogen functional groups attached to an aromatic ring is 1. The van der Waals surface area contributed by atoms with Crippen molar-refractivity contribution in [2.75, 3.05) is 25.5 Å². The summed E-state index contributed by atoms with van der Waals surface area (Å²) >= 11 is 1.07. The summed E-state index contributed by atoms with van der Waals surface area (Å²) in [5.74, 6) is -1.12. The lowest BCUT2D eigenvalue weighted by molar-refractivity contribution is -0.753. The average Bonchev–Trinajstić information content (AvgIpc) is 3.55. The molecule has 4 rings (SSSR count). The molecule has 1 aromatic carbocycles. The topological polar surface area (TPSA) is 218 Å². The van der Waals surface area contributed by atoms with Gasteiger partial charge in [-0.15, -0.1) is 20.3 Å². The summed E-state index contributed by atoms with van der Waals surface area (Å²) in [5, 5.41) is 8.48. The van der Waals surface area contributed by atoms with Gasteiger partial charge in [0.25, 0.3) is 11.8 Å². The van der Waals surface area contributed by atoms with E-state index in [2.05, 4.69) is 30.6 Å². The lowest BCUT2D eigenvalue weighted by atomic mass is 9.84. The molecule has 1 unspecified atom stereocenters. The number of amides is 2. The van der Waals surface area contributed by atoms with Crippen LogP contribution in [0.2, 0.25) is 0 Å². The standard InChI is InChI=1S/C25H32N8O8S2/c1-25(2)21(23(35)33(25)41-43(36,37)38)29-22(34)20(19-15-42-24(27)28-19)30-40-12-11-39-18-7-5-16(6-8-18)17-13-31(3)32(14-17)10-4-9-26/h5-8,13-15,21H,4,9-12,26H2,1-3H3,(H3-,27,28,29,34,36,37,38)/p+1. The van der Waals surface area contributed by atoms with Gasteiger partial charge >= 0.3 is 10.4 Å². The molecule has 1 aliphatic rings. The van der Waals surface area contributed by atoms with E-state index >= 15 is 0 Å². The van der Waals surface area contributed by atoms with Crippen LogP contribution in [0.15, 0.2) is 47.2 Å². The van der Waals surface area contributed by atoms with Crippen LogP contribution in [-0.4, -0.2) is 76.6 Å². The molecule has 0 radical (unpaired) electrons. The van der Waals surface area contributed by atoms with Crippen molar-refractivity contribution in [1.82, 2.24) is 20.0 Å². The largest absolute Gasteiger partial charge is 0.490 e. The zero-order valence-corrected chi connectivity index (χ0v) is 25.3. The monoisotopic (exact) mass is 637 g/mol. The van der Waals surface area contributed by atoms with E-state index in [1.807, 2.05) is 42.2 Å². The summed E-state index contributed by atoms with van der Waals surface area (Å²) in [7, 11) is -2.97. The van der Waals surface area contributed by atoms with Crippen LogP contribution in [0.25, 0.3) is 11.1 Å². The number of anilines is 1. The summed E-state index contributed by atoms with van der Waals surface area (Å²) in [6, 6.07) is 6.36. The van der Waals surface area contributed by atoms with Crippen LogP contribution in [0.1, 0.15) is 26.0 Å². The number of hydrogen-bond donors (Lipinski definition) is 4. The molecular formula is C25H33N8O8S2+. The Morgan fingerprint density at radius 2 is 1.98 bits per heavy atom. The van der Waals surface area contributed by atoms with Crippen molar-refractivity contribution < 1.29 is 41.1 Å². The number of rotatable bonds is 14. The zero-order chi connectivity index (χ0) is 31.4. The minimum absolute atomic E-state index is 0.0260. The molecule has 16 nitrogen and oxygen atoms in total. The molecule has 0 bridgehead atoms. The average molecular weight is 638 g/mol. The third-order valence-corrected chi connectivity index (χ3v) is 7.51. The van der Waals surface area contributed by atoms with Gasteiger partial charge in [0.15, 0.2) is 24.5 Å². The maximum absolute atomic E-state index is 13.1. The second kappa shape index (κ2) is 13.0. The normalized spacial score (nSPS) is 16.6. The molecule has 2 aromatic heterocycles. The summed E-state index contributed by atoms with van der Waals surface area (Å²) in [4.78, 5) is 34.9.